The van der Waals surface area contributed by atoms with E-state index in [2.05, 4.69) is 31.3 Å². The number of guanidine groups is 1. The van der Waals surface area contributed by atoms with Crippen molar-refractivity contribution in [2.45, 2.75) is 26.8 Å². The Balaban J connectivity index is 1.53. The van der Waals surface area contributed by atoms with Crippen LogP contribution >= 0.6 is 11.3 Å². The number of nitrogens with one attached hydrogen (secondary N) is 3. The van der Waals surface area contributed by atoms with Crippen LogP contribution in [0.5, 0.6) is 0 Å². The number of rotatable bonds is 7. The smallest absolute Gasteiger partial charge is 0.254 e. The van der Waals surface area contributed by atoms with Crippen molar-refractivity contribution >= 4 is 29.1 Å². The number of hydrogen-bond acceptors (Lipinski definition) is 5. The number of thiazole rings is 1. The van der Waals surface area contributed by atoms with Crippen molar-refractivity contribution in [3.05, 3.63) is 51.5 Å². The number of aromatic nitrogens is 1. The summed E-state index contributed by atoms with van der Waals surface area (Å²) in [5, 5.41) is 12.5. The highest BCUT2D eigenvalue weighted by Gasteiger charge is 2.22. The molecule has 3 rings (SSSR count). The van der Waals surface area contributed by atoms with Crippen molar-refractivity contribution in [2.24, 2.45) is 4.99 Å². The van der Waals surface area contributed by atoms with E-state index in [4.69, 9.17) is 0 Å². The van der Waals surface area contributed by atoms with E-state index in [1.165, 1.54) is 0 Å². The maximum Gasteiger partial charge on any atom is 0.254 e. The normalized spacial score (nSPS) is 14.4. The van der Waals surface area contributed by atoms with Gasteiger partial charge in [0.1, 0.15) is 0 Å². The highest BCUT2D eigenvalue weighted by molar-refractivity contribution is 7.09. The second-order valence-electron chi connectivity index (χ2n) is 7.00. The van der Waals surface area contributed by atoms with Gasteiger partial charge in [0, 0.05) is 43.5 Å². The van der Waals surface area contributed by atoms with Gasteiger partial charge < -0.3 is 20.9 Å². The number of benzene rings is 1. The molecule has 1 saturated heterocycles. The predicted octanol–water partition coefficient (Wildman–Crippen LogP) is 1.32. The number of carbonyl (C=O) groups excluding carboxylic acids is 2. The van der Waals surface area contributed by atoms with Crippen LogP contribution < -0.4 is 16.0 Å². The van der Waals surface area contributed by atoms with Crippen molar-refractivity contribution < 1.29 is 9.59 Å². The molecule has 0 spiro atoms. The summed E-state index contributed by atoms with van der Waals surface area (Å²) in [5.74, 6) is 0.519. The molecule has 0 atom stereocenters. The first-order chi connectivity index (χ1) is 14.5. The zero-order valence-corrected chi connectivity index (χ0v) is 18.2. The molecular weight excluding hydrogens is 400 g/mol. The summed E-state index contributed by atoms with van der Waals surface area (Å²) in [6.45, 7) is 7.23. The van der Waals surface area contributed by atoms with Gasteiger partial charge in [-0.25, -0.2) is 9.98 Å². The van der Waals surface area contributed by atoms with Gasteiger partial charge in [-0.1, -0.05) is 12.1 Å². The van der Waals surface area contributed by atoms with Gasteiger partial charge in [0.05, 0.1) is 23.8 Å². The van der Waals surface area contributed by atoms with Gasteiger partial charge in [-0.3, -0.25) is 9.59 Å². The Morgan fingerprint density at radius 1 is 1.30 bits per heavy atom. The maximum absolute atomic E-state index is 12.5. The summed E-state index contributed by atoms with van der Waals surface area (Å²) in [4.78, 5) is 34.7. The molecule has 0 saturated carbocycles. The van der Waals surface area contributed by atoms with Crippen LogP contribution in [0, 0.1) is 6.92 Å². The van der Waals surface area contributed by atoms with Crippen molar-refractivity contribution in [1.29, 1.82) is 0 Å². The number of aliphatic imine (C=N–C) groups is 1. The van der Waals surface area contributed by atoms with E-state index in [0.717, 1.165) is 41.7 Å². The summed E-state index contributed by atoms with van der Waals surface area (Å²) in [6.07, 6.45) is 0.847. The van der Waals surface area contributed by atoms with Gasteiger partial charge in [-0.15, -0.1) is 11.3 Å². The van der Waals surface area contributed by atoms with E-state index >= 15 is 0 Å². The molecule has 1 aromatic carbocycles. The largest absolute Gasteiger partial charge is 0.357 e. The fraction of sp³-hybridized carbons (Fsp3) is 0.429. The predicted molar refractivity (Wildman–Crippen MR) is 119 cm³/mol. The summed E-state index contributed by atoms with van der Waals surface area (Å²) in [6, 6.07) is 7.40. The lowest BCUT2D eigenvalue weighted by Gasteiger charge is -2.26. The fourth-order valence-electron chi connectivity index (χ4n) is 3.09. The molecular formula is C21H28N6O2S. The third-order valence-electron chi connectivity index (χ3n) is 4.63. The average molecular weight is 429 g/mol. The van der Waals surface area contributed by atoms with Crippen LogP contribution in [0.15, 0.2) is 34.6 Å². The number of nitrogens with zero attached hydrogens (tertiary/aromatic N) is 3. The van der Waals surface area contributed by atoms with Gasteiger partial charge in [0.2, 0.25) is 5.91 Å². The molecule has 0 aliphatic carbocycles. The lowest BCUT2D eigenvalue weighted by Crippen LogP contribution is -2.49. The molecule has 8 nitrogen and oxygen atoms in total. The van der Waals surface area contributed by atoms with Crippen molar-refractivity contribution in [1.82, 2.24) is 25.8 Å². The quantitative estimate of drug-likeness (QED) is 0.456. The van der Waals surface area contributed by atoms with E-state index in [1.54, 1.807) is 28.4 Å². The Kier molecular flexibility index (Phi) is 7.78. The molecule has 9 heteroatoms. The van der Waals surface area contributed by atoms with Gasteiger partial charge in [0.15, 0.2) is 5.96 Å². The van der Waals surface area contributed by atoms with Crippen molar-refractivity contribution in [3.8, 4) is 0 Å². The molecule has 1 aromatic heterocycles. The van der Waals surface area contributed by atoms with Crippen LogP contribution in [-0.2, 0) is 17.8 Å². The first-order valence-corrected chi connectivity index (χ1v) is 11.0. The van der Waals surface area contributed by atoms with E-state index < -0.39 is 0 Å². The lowest BCUT2D eigenvalue weighted by atomic mass is 10.1. The average Bonchev–Trinajstić information content (AvgIpc) is 3.17. The van der Waals surface area contributed by atoms with Gasteiger partial charge >= 0.3 is 0 Å². The molecule has 0 radical (unpaired) electrons. The number of piperazine rings is 1. The van der Waals surface area contributed by atoms with Crippen LogP contribution in [0.2, 0.25) is 0 Å². The SMILES string of the molecule is CCNC(=NCc1ccc(C(=O)N2CCNC(=O)C2)cc1)NCCc1csc(C)n1. The molecule has 160 valence electrons. The van der Waals surface area contributed by atoms with Gasteiger partial charge in [-0.05, 0) is 31.5 Å². The first-order valence-electron chi connectivity index (χ1n) is 10.1. The standard InChI is InChI=1S/C21H28N6O2S/c1-3-22-21(24-9-8-18-14-30-15(2)26-18)25-12-16-4-6-17(7-5-16)20(29)27-11-10-23-19(28)13-27/h4-7,14H,3,8-13H2,1-2H3,(H,23,28)(H2,22,24,25). The molecule has 0 unspecified atom stereocenters. The number of aryl methyl sites for hydroxylation is 1. The molecule has 2 aromatic rings. The minimum Gasteiger partial charge on any atom is -0.357 e. The first kappa shape index (κ1) is 21.8. The zero-order valence-electron chi connectivity index (χ0n) is 17.4. The van der Waals surface area contributed by atoms with Crippen LogP contribution in [0.1, 0.15) is 33.5 Å². The molecule has 2 amide bonds. The highest BCUT2D eigenvalue weighted by atomic mass is 32.1. The van der Waals surface area contributed by atoms with Crippen molar-refractivity contribution in [2.75, 3.05) is 32.7 Å². The van der Waals surface area contributed by atoms with Gasteiger partial charge in [-0.2, -0.15) is 0 Å². The highest BCUT2D eigenvalue weighted by Crippen LogP contribution is 2.10. The molecule has 2 heterocycles. The summed E-state index contributed by atoms with van der Waals surface area (Å²) >= 11 is 1.66. The number of carbonyl (C=O) groups is 2. The van der Waals surface area contributed by atoms with E-state index in [9.17, 15) is 9.59 Å². The third-order valence-corrected chi connectivity index (χ3v) is 5.45. The molecule has 30 heavy (non-hydrogen) atoms. The van der Waals surface area contributed by atoms with Crippen LogP contribution in [0.25, 0.3) is 0 Å². The molecule has 1 fully saturated rings. The van der Waals surface area contributed by atoms with Crippen LogP contribution in [0.4, 0.5) is 0 Å². The number of hydrogen-bond donors (Lipinski definition) is 3. The zero-order chi connectivity index (χ0) is 21.3. The molecule has 1 aliphatic heterocycles. The summed E-state index contributed by atoms with van der Waals surface area (Å²) < 4.78 is 0. The lowest BCUT2D eigenvalue weighted by molar-refractivity contribution is -0.123. The van der Waals surface area contributed by atoms with Crippen LogP contribution in [0.3, 0.4) is 0 Å². The minimum atomic E-state index is -0.118. The summed E-state index contributed by atoms with van der Waals surface area (Å²) in [7, 11) is 0. The monoisotopic (exact) mass is 428 g/mol. The van der Waals surface area contributed by atoms with E-state index in [-0.39, 0.29) is 18.4 Å². The minimum absolute atomic E-state index is 0.114. The Hall–Kier alpha value is -2.94. The molecule has 3 N–H and O–H groups in total. The number of amides is 2. The molecule has 0 bridgehead atoms. The Bertz CT molecular complexity index is 893. The summed E-state index contributed by atoms with van der Waals surface area (Å²) in [5.41, 5.74) is 2.68. The fourth-order valence-corrected chi connectivity index (χ4v) is 3.74. The third kappa shape index (κ3) is 6.28. The second-order valence-corrected chi connectivity index (χ2v) is 8.07. The second kappa shape index (κ2) is 10.7. The Labute approximate surface area is 180 Å². The van der Waals surface area contributed by atoms with Crippen LogP contribution in [-0.4, -0.2) is 60.4 Å². The Morgan fingerprint density at radius 3 is 2.77 bits per heavy atom. The topological polar surface area (TPSA) is 98.7 Å². The maximum atomic E-state index is 12.5. The van der Waals surface area contributed by atoms with Crippen molar-refractivity contribution in [3.63, 3.8) is 0 Å². The molecule has 1 aliphatic rings. The van der Waals surface area contributed by atoms with E-state index in [0.29, 0.717) is 25.2 Å². The Morgan fingerprint density at radius 2 is 2.10 bits per heavy atom. The van der Waals surface area contributed by atoms with Gasteiger partial charge in [0.25, 0.3) is 5.91 Å². The van der Waals surface area contributed by atoms with E-state index in [1.807, 2.05) is 26.0 Å².